The molecule has 0 bridgehead atoms. The SMILES string of the molecule is CCN1C(=O)C2(CC2)N(Cc2ccc(-c3nc(C(C)(F)F)cn3C(F)F)cc2)c2nc(-c3c(OC)ncnc3C3CC3)ncc21. The normalized spacial score (nSPS) is 17.3. The fraction of sp³-hybridized carbons (Fsp3) is 0.419. The van der Waals surface area contributed by atoms with Crippen molar-refractivity contribution in [3.05, 3.63) is 59.9 Å². The van der Waals surface area contributed by atoms with Crippen LogP contribution in [0.5, 0.6) is 5.88 Å². The van der Waals surface area contributed by atoms with Crippen LogP contribution in [0.1, 0.15) is 68.9 Å². The fourth-order valence-corrected chi connectivity index (χ4v) is 6.02. The van der Waals surface area contributed by atoms with Gasteiger partial charge in [0.25, 0.3) is 11.8 Å². The Morgan fingerprint density at radius 1 is 1.09 bits per heavy atom. The third-order valence-corrected chi connectivity index (χ3v) is 8.66. The van der Waals surface area contributed by atoms with E-state index in [1.54, 1.807) is 35.4 Å². The van der Waals surface area contributed by atoms with Crippen molar-refractivity contribution in [2.75, 3.05) is 23.5 Å². The molecule has 2 aliphatic carbocycles. The number of alkyl halides is 4. The minimum absolute atomic E-state index is 0.0308. The molecule has 1 spiro atoms. The molecule has 1 aliphatic heterocycles. The lowest BCUT2D eigenvalue weighted by atomic mass is 10.0. The number of hydrogen-bond donors (Lipinski definition) is 0. The number of aromatic nitrogens is 6. The Hall–Kier alpha value is -4.62. The predicted molar refractivity (Wildman–Crippen MR) is 156 cm³/mol. The molecule has 0 unspecified atom stereocenters. The summed E-state index contributed by atoms with van der Waals surface area (Å²) < 4.78 is 61.3. The van der Waals surface area contributed by atoms with Gasteiger partial charge >= 0.3 is 6.55 Å². The van der Waals surface area contributed by atoms with E-state index >= 15 is 0 Å². The van der Waals surface area contributed by atoms with Gasteiger partial charge in [0.2, 0.25) is 5.88 Å². The van der Waals surface area contributed by atoms with Crippen LogP contribution < -0.4 is 14.5 Å². The number of hydrogen-bond acceptors (Lipinski definition) is 8. The van der Waals surface area contributed by atoms with E-state index < -0.39 is 23.7 Å². The van der Waals surface area contributed by atoms with Gasteiger partial charge in [0.15, 0.2) is 11.6 Å². The predicted octanol–water partition coefficient (Wildman–Crippen LogP) is 6.10. The summed E-state index contributed by atoms with van der Waals surface area (Å²) in [7, 11) is 1.54. The molecular weight excluding hydrogens is 592 g/mol. The summed E-state index contributed by atoms with van der Waals surface area (Å²) >= 11 is 0. The number of ether oxygens (including phenoxy) is 1. The smallest absolute Gasteiger partial charge is 0.320 e. The van der Waals surface area contributed by atoms with Crippen LogP contribution in [-0.2, 0) is 17.3 Å². The fourth-order valence-electron chi connectivity index (χ4n) is 6.02. The van der Waals surface area contributed by atoms with Crippen LogP contribution in [0.15, 0.2) is 43.0 Å². The second-order valence-electron chi connectivity index (χ2n) is 11.7. The molecule has 3 aliphatic rings. The van der Waals surface area contributed by atoms with Crippen molar-refractivity contribution in [1.82, 2.24) is 29.5 Å². The Balaban J connectivity index is 1.28. The first-order chi connectivity index (χ1) is 21.6. The van der Waals surface area contributed by atoms with Crippen molar-refractivity contribution in [1.29, 1.82) is 0 Å². The lowest BCUT2D eigenvalue weighted by Gasteiger charge is -2.42. The molecule has 3 aromatic heterocycles. The number of amides is 1. The average molecular weight is 623 g/mol. The Morgan fingerprint density at radius 2 is 1.82 bits per heavy atom. The molecule has 234 valence electrons. The topological polar surface area (TPSA) is 102 Å². The zero-order chi connectivity index (χ0) is 31.7. The standard InChI is InChI=1S/C31H30F4N8O2/c1-4-41-20-13-36-24(22-23(18-9-10-18)37-16-38-27(22)45-3)40-26(20)43(31(11-12-31)28(41)44)14-17-5-7-19(8-6-17)25-39-21(30(2,34)35)15-42(25)29(32)33/h5-8,13,15-16,18,29H,4,9-12,14H2,1-3H3. The molecule has 2 saturated carbocycles. The number of nitrogens with zero attached hydrogens (tertiary/aromatic N) is 8. The summed E-state index contributed by atoms with van der Waals surface area (Å²) in [6, 6.07) is 6.57. The molecule has 14 heteroatoms. The lowest BCUT2D eigenvalue weighted by Crippen LogP contribution is -2.55. The minimum atomic E-state index is -3.37. The number of methoxy groups -OCH3 is 1. The van der Waals surface area contributed by atoms with Crippen LogP contribution in [0, 0.1) is 0 Å². The molecule has 0 N–H and O–H groups in total. The summed E-state index contributed by atoms with van der Waals surface area (Å²) in [5.41, 5.74) is 1.55. The van der Waals surface area contributed by atoms with Gasteiger partial charge in [-0.2, -0.15) is 17.6 Å². The first-order valence-electron chi connectivity index (χ1n) is 14.8. The number of benzene rings is 1. The molecule has 4 heterocycles. The van der Waals surface area contributed by atoms with Crippen molar-refractivity contribution >= 4 is 17.4 Å². The van der Waals surface area contributed by atoms with E-state index in [1.807, 2.05) is 11.8 Å². The van der Waals surface area contributed by atoms with Crippen molar-refractivity contribution < 1.29 is 27.1 Å². The van der Waals surface area contributed by atoms with Gasteiger partial charge in [0.05, 0.1) is 19.0 Å². The Morgan fingerprint density at radius 3 is 2.42 bits per heavy atom. The first kappa shape index (κ1) is 29.1. The highest BCUT2D eigenvalue weighted by Crippen LogP contribution is 2.53. The summed E-state index contributed by atoms with van der Waals surface area (Å²) in [6.45, 7) is 0.207. The monoisotopic (exact) mass is 622 g/mol. The third-order valence-electron chi connectivity index (χ3n) is 8.66. The maximum atomic E-state index is 13.9. The van der Waals surface area contributed by atoms with Crippen LogP contribution >= 0.6 is 0 Å². The van der Waals surface area contributed by atoms with Gasteiger partial charge in [-0.3, -0.25) is 9.36 Å². The number of anilines is 2. The number of fused-ring (bicyclic) bond motifs is 1. The largest absolute Gasteiger partial charge is 0.480 e. The molecule has 7 rings (SSSR count). The second-order valence-corrected chi connectivity index (χ2v) is 11.7. The highest BCUT2D eigenvalue weighted by atomic mass is 19.3. The first-order valence-corrected chi connectivity index (χ1v) is 14.8. The summed E-state index contributed by atoms with van der Waals surface area (Å²) in [4.78, 5) is 39.8. The number of halogens is 4. The van der Waals surface area contributed by atoms with E-state index in [0.29, 0.717) is 65.8 Å². The Labute approximate surface area is 256 Å². The molecule has 1 aromatic carbocycles. The van der Waals surface area contributed by atoms with E-state index in [1.165, 1.54) is 13.4 Å². The quantitative estimate of drug-likeness (QED) is 0.207. The van der Waals surface area contributed by atoms with Gasteiger partial charge in [0.1, 0.15) is 34.6 Å². The maximum Gasteiger partial charge on any atom is 0.320 e. The number of carbonyl (C=O) groups is 1. The van der Waals surface area contributed by atoms with E-state index in [4.69, 9.17) is 9.72 Å². The van der Waals surface area contributed by atoms with Crippen LogP contribution in [0.2, 0.25) is 0 Å². The van der Waals surface area contributed by atoms with Gasteiger partial charge in [-0.05, 0) is 38.2 Å². The van der Waals surface area contributed by atoms with Crippen LogP contribution in [0.25, 0.3) is 22.8 Å². The number of carbonyl (C=O) groups excluding carboxylic acids is 1. The molecule has 0 atom stereocenters. The molecule has 0 saturated heterocycles. The molecular formula is C31H30F4N8O2. The van der Waals surface area contributed by atoms with Crippen LogP contribution in [-0.4, -0.2) is 54.6 Å². The molecule has 10 nitrogen and oxygen atoms in total. The molecule has 2 fully saturated rings. The number of imidazole rings is 1. The second kappa shape index (κ2) is 10.5. The average Bonchev–Trinajstić information content (AvgIpc) is 3.96. The summed E-state index contributed by atoms with van der Waals surface area (Å²) in [5.74, 6) is -2.03. The van der Waals surface area contributed by atoms with Crippen molar-refractivity contribution in [2.45, 2.75) is 70.0 Å². The van der Waals surface area contributed by atoms with Gasteiger partial charge in [-0.1, -0.05) is 24.3 Å². The maximum absolute atomic E-state index is 13.9. The minimum Gasteiger partial charge on any atom is -0.480 e. The van der Waals surface area contributed by atoms with Gasteiger partial charge < -0.3 is 14.5 Å². The van der Waals surface area contributed by atoms with Gasteiger partial charge in [0, 0.05) is 37.7 Å². The molecule has 0 radical (unpaired) electrons. The van der Waals surface area contributed by atoms with Gasteiger partial charge in [-0.15, -0.1) is 0 Å². The lowest BCUT2D eigenvalue weighted by molar-refractivity contribution is -0.121. The van der Waals surface area contributed by atoms with E-state index in [0.717, 1.165) is 24.1 Å². The highest BCUT2D eigenvalue weighted by Gasteiger charge is 2.60. The van der Waals surface area contributed by atoms with Crippen molar-refractivity contribution in [3.63, 3.8) is 0 Å². The van der Waals surface area contributed by atoms with Crippen LogP contribution in [0.4, 0.5) is 29.1 Å². The molecule has 1 amide bonds. The van der Waals surface area contributed by atoms with E-state index in [2.05, 4.69) is 19.9 Å². The Kier molecular flexibility index (Phi) is 6.78. The van der Waals surface area contributed by atoms with Crippen LogP contribution in [0.3, 0.4) is 0 Å². The Bertz CT molecular complexity index is 1780. The summed E-state index contributed by atoms with van der Waals surface area (Å²) in [6.07, 6.45) is 7.10. The zero-order valence-electron chi connectivity index (χ0n) is 24.8. The van der Waals surface area contributed by atoms with Gasteiger partial charge in [-0.25, -0.2) is 24.9 Å². The van der Waals surface area contributed by atoms with Crippen molar-refractivity contribution in [2.24, 2.45) is 0 Å². The summed E-state index contributed by atoms with van der Waals surface area (Å²) in [5, 5.41) is 0. The van der Waals surface area contributed by atoms with E-state index in [9.17, 15) is 22.4 Å². The molecule has 4 aromatic rings. The number of rotatable bonds is 9. The third kappa shape index (κ3) is 4.86. The number of likely N-dealkylation sites (N-methyl/N-ethyl adjacent to an activating group) is 1. The highest BCUT2D eigenvalue weighted by molar-refractivity contribution is 6.09. The van der Waals surface area contributed by atoms with Crippen molar-refractivity contribution in [3.8, 4) is 28.7 Å². The zero-order valence-corrected chi connectivity index (χ0v) is 24.8. The molecule has 45 heavy (non-hydrogen) atoms. The van der Waals surface area contributed by atoms with E-state index in [-0.39, 0.29) is 29.8 Å².